The fraction of sp³-hybridized carbons (Fsp3) is 0. The first-order valence-electron chi connectivity index (χ1n) is 2.55. The molecule has 0 aliphatic rings. The molecule has 1 rings (SSSR count). The second-order valence-electron chi connectivity index (χ2n) is 1.64. The van der Waals surface area contributed by atoms with E-state index >= 15 is 0 Å². The fourth-order valence-corrected chi connectivity index (χ4v) is 0.695. The van der Waals surface area contributed by atoms with Gasteiger partial charge in [0.2, 0.25) is 0 Å². The van der Waals surface area contributed by atoms with E-state index in [1.165, 1.54) is 0 Å². The summed E-state index contributed by atoms with van der Waals surface area (Å²) in [5, 5.41) is 10.4. The highest BCUT2D eigenvalue weighted by Crippen LogP contribution is 1.97. The largest absolute Gasteiger partial charge is 0.610 e. The smallest absolute Gasteiger partial charge is 0.170 e. The fourth-order valence-electron chi connectivity index (χ4n) is 0.569. The molecular formula is C6H6ClNO. The van der Waals surface area contributed by atoms with Gasteiger partial charge in [-0.15, -0.1) is 0 Å². The van der Waals surface area contributed by atoms with Gasteiger partial charge in [-0.1, -0.05) is 18.2 Å². The molecule has 0 aliphatic carbocycles. The predicted molar refractivity (Wildman–Crippen MR) is 36.3 cm³/mol. The highest BCUT2D eigenvalue weighted by atomic mass is 35.5. The maximum absolute atomic E-state index is 10.4. The molecule has 0 spiro atoms. The molecule has 0 aliphatic heterocycles. The van der Waals surface area contributed by atoms with Crippen LogP contribution in [0.15, 0.2) is 30.3 Å². The number of halogens is 1. The molecule has 0 saturated carbocycles. The van der Waals surface area contributed by atoms with Crippen molar-refractivity contribution in [1.29, 1.82) is 0 Å². The summed E-state index contributed by atoms with van der Waals surface area (Å²) >= 11 is 5.16. The van der Waals surface area contributed by atoms with Gasteiger partial charge in [-0.05, 0) is 0 Å². The summed E-state index contributed by atoms with van der Waals surface area (Å²) in [6, 6.07) is 8.74. The molecule has 0 heterocycles. The Hall–Kier alpha value is -0.570. The van der Waals surface area contributed by atoms with Crippen molar-refractivity contribution >= 4 is 17.5 Å². The molecule has 3 heteroatoms. The van der Waals surface area contributed by atoms with E-state index in [4.69, 9.17) is 11.8 Å². The Labute approximate surface area is 58.4 Å². The van der Waals surface area contributed by atoms with Crippen LogP contribution < -0.4 is 4.58 Å². The number of benzene rings is 1. The minimum absolute atomic E-state index is 0.407. The van der Waals surface area contributed by atoms with Crippen LogP contribution in [-0.4, -0.2) is 0 Å². The van der Waals surface area contributed by atoms with Crippen LogP contribution in [0.3, 0.4) is 0 Å². The van der Waals surface area contributed by atoms with E-state index < -0.39 is 4.58 Å². The lowest BCUT2D eigenvalue weighted by Gasteiger charge is -2.08. The molecule has 0 fully saturated rings. The zero-order valence-corrected chi connectivity index (χ0v) is 5.43. The second kappa shape index (κ2) is 2.82. The van der Waals surface area contributed by atoms with Gasteiger partial charge in [-0.25, -0.2) is 4.58 Å². The topological polar surface area (TPSA) is 27.5 Å². The molecule has 0 bridgehead atoms. The Kier molecular flexibility index (Phi) is 2.05. The number of quaternary nitrogens is 1. The van der Waals surface area contributed by atoms with Crippen molar-refractivity contribution in [2.45, 2.75) is 0 Å². The van der Waals surface area contributed by atoms with Gasteiger partial charge >= 0.3 is 0 Å². The van der Waals surface area contributed by atoms with Gasteiger partial charge in [0.05, 0.1) is 0 Å². The Morgan fingerprint density at radius 3 is 2.11 bits per heavy atom. The Morgan fingerprint density at radius 2 is 1.78 bits per heavy atom. The van der Waals surface area contributed by atoms with Gasteiger partial charge in [0.15, 0.2) is 11.8 Å². The molecule has 0 radical (unpaired) electrons. The molecule has 0 aromatic heterocycles. The zero-order valence-electron chi connectivity index (χ0n) is 4.67. The molecule has 0 saturated heterocycles. The summed E-state index contributed by atoms with van der Waals surface area (Å²) in [7, 11) is 0. The van der Waals surface area contributed by atoms with Gasteiger partial charge in [-0.2, -0.15) is 0 Å². The third-order valence-electron chi connectivity index (χ3n) is 1.00. The first kappa shape index (κ1) is 6.55. The van der Waals surface area contributed by atoms with Crippen molar-refractivity contribution in [1.82, 2.24) is 0 Å². The van der Waals surface area contributed by atoms with E-state index in [2.05, 4.69) is 0 Å². The van der Waals surface area contributed by atoms with Crippen LogP contribution in [0.4, 0.5) is 5.69 Å². The number of hydrogen-bond donors (Lipinski definition) is 1. The monoisotopic (exact) mass is 143 g/mol. The lowest BCUT2D eigenvalue weighted by Crippen LogP contribution is -2.91. The van der Waals surface area contributed by atoms with E-state index in [0.29, 0.717) is 5.69 Å². The van der Waals surface area contributed by atoms with Crippen molar-refractivity contribution in [2.75, 3.05) is 0 Å². The van der Waals surface area contributed by atoms with E-state index in [-0.39, 0.29) is 0 Å². The van der Waals surface area contributed by atoms with Gasteiger partial charge in [0.25, 0.3) is 0 Å². The van der Waals surface area contributed by atoms with Crippen LogP contribution >= 0.6 is 11.8 Å². The third kappa shape index (κ3) is 1.68. The molecular weight excluding hydrogens is 138 g/mol. The average molecular weight is 144 g/mol. The van der Waals surface area contributed by atoms with E-state index in [9.17, 15) is 5.21 Å². The maximum Gasteiger partial charge on any atom is 0.170 e. The molecule has 1 atom stereocenters. The predicted octanol–water partition coefficient (Wildman–Crippen LogP) is 0.855. The number of hydrogen-bond acceptors (Lipinski definition) is 1. The van der Waals surface area contributed by atoms with E-state index in [1.54, 1.807) is 24.3 Å². The van der Waals surface area contributed by atoms with E-state index in [1.807, 2.05) is 6.07 Å². The van der Waals surface area contributed by atoms with Crippen molar-refractivity contribution < 1.29 is 4.58 Å². The molecule has 1 N–H and O–H groups in total. The quantitative estimate of drug-likeness (QED) is 0.458. The molecule has 48 valence electrons. The highest BCUT2D eigenvalue weighted by Gasteiger charge is 1.93. The van der Waals surface area contributed by atoms with Crippen LogP contribution in [0.2, 0.25) is 0 Å². The second-order valence-corrected chi connectivity index (χ2v) is 1.98. The van der Waals surface area contributed by atoms with E-state index in [0.717, 1.165) is 0 Å². The van der Waals surface area contributed by atoms with Crippen molar-refractivity contribution in [3.63, 3.8) is 0 Å². The molecule has 9 heavy (non-hydrogen) atoms. The standard InChI is InChI=1S/C6H6ClNO/c7-8(9)6-4-2-1-3-5-6/h1-5,8H. The molecule has 1 aromatic rings. The molecule has 0 amide bonds. The van der Waals surface area contributed by atoms with Crippen molar-refractivity contribution in [2.24, 2.45) is 0 Å². The minimum atomic E-state index is -0.407. The van der Waals surface area contributed by atoms with Gasteiger partial charge in [-0.3, -0.25) is 0 Å². The van der Waals surface area contributed by atoms with Crippen molar-refractivity contribution in [3.8, 4) is 0 Å². The molecule has 2 nitrogen and oxygen atoms in total. The average Bonchev–Trinajstić information content (AvgIpc) is 1.90. The van der Waals surface area contributed by atoms with Crippen LogP contribution in [0.5, 0.6) is 0 Å². The summed E-state index contributed by atoms with van der Waals surface area (Å²) in [4.78, 5) is 0. The number of nitrogens with one attached hydrogen (secondary N) is 1. The lowest BCUT2D eigenvalue weighted by atomic mass is 10.3. The first-order chi connectivity index (χ1) is 4.30. The van der Waals surface area contributed by atoms with Gasteiger partial charge < -0.3 is 5.21 Å². The summed E-state index contributed by atoms with van der Waals surface area (Å²) < 4.78 is -0.407. The summed E-state index contributed by atoms with van der Waals surface area (Å²) in [6.07, 6.45) is 0. The Morgan fingerprint density at radius 1 is 1.22 bits per heavy atom. The van der Waals surface area contributed by atoms with Gasteiger partial charge in [0, 0.05) is 12.1 Å². The van der Waals surface area contributed by atoms with Crippen LogP contribution in [0, 0.1) is 5.21 Å². The SMILES string of the molecule is [O-][NH+](Cl)c1ccccc1. The molecule has 1 aromatic carbocycles. The van der Waals surface area contributed by atoms with Crippen LogP contribution in [0.1, 0.15) is 0 Å². The first-order valence-corrected chi connectivity index (χ1v) is 2.93. The zero-order chi connectivity index (χ0) is 6.69. The lowest BCUT2D eigenvalue weighted by molar-refractivity contribution is -0.634. The van der Waals surface area contributed by atoms with Crippen molar-refractivity contribution in [3.05, 3.63) is 35.5 Å². The summed E-state index contributed by atoms with van der Waals surface area (Å²) in [5.74, 6) is 0. The third-order valence-corrected chi connectivity index (χ3v) is 1.22. The Bertz CT molecular complexity index is 176. The summed E-state index contributed by atoms with van der Waals surface area (Å²) in [5.41, 5.74) is 0.541. The maximum atomic E-state index is 10.4. The van der Waals surface area contributed by atoms with Crippen LogP contribution in [0.25, 0.3) is 0 Å². The van der Waals surface area contributed by atoms with Gasteiger partial charge in [0.1, 0.15) is 5.69 Å². The Balaban J connectivity index is 2.85. The summed E-state index contributed by atoms with van der Waals surface area (Å²) in [6.45, 7) is 0. The minimum Gasteiger partial charge on any atom is -0.610 e. The molecule has 1 unspecified atom stereocenters. The van der Waals surface area contributed by atoms with Crippen LogP contribution in [-0.2, 0) is 0 Å². The highest BCUT2D eigenvalue weighted by molar-refractivity contribution is 6.05. The normalized spacial score (nSPS) is 13.1. The number of rotatable bonds is 1.